The van der Waals surface area contributed by atoms with Crippen LogP contribution in [0.1, 0.15) is 18.1 Å². The molecule has 0 aromatic heterocycles. The Morgan fingerprint density at radius 1 is 1.23 bits per heavy atom. The summed E-state index contributed by atoms with van der Waals surface area (Å²) in [4.78, 5) is 26.4. The van der Waals surface area contributed by atoms with Crippen molar-refractivity contribution in [2.75, 3.05) is 13.7 Å². The Morgan fingerprint density at radius 3 is 2.50 bits per heavy atom. The third kappa shape index (κ3) is 5.83. The standard InChI is InChI=1S/C18H14ClF3N2O6/c1-10(23-29-9-17(25)28-2)13-8-12(4-5-15(13)24(26)27)30-16-6-3-11(7-14(16)19)18(20,21)22/h3-8H,9H2,1-2H3. The van der Waals surface area contributed by atoms with Crippen molar-refractivity contribution in [3.63, 3.8) is 0 Å². The van der Waals surface area contributed by atoms with Crippen LogP contribution in [0.25, 0.3) is 0 Å². The van der Waals surface area contributed by atoms with E-state index in [1.54, 1.807) is 0 Å². The Kier molecular flexibility index (Phi) is 7.22. The van der Waals surface area contributed by atoms with Crippen LogP contribution in [0, 0.1) is 10.1 Å². The fourth-order valence-electron chi connectivity index (χ4n) is 2.20. The minimum Gasteiger partial charge on any atom is -0.466 e. The molecule has 12 heteroatoms. The number of nitro groups is 1. The Bertz CT molecular complexity index is 994. The lowest BCUT2D eigenvalue weighted by atomic mass is 10.1. The zero-order valence-electron chi connectivity index (χ0n) is 15.5. The van der Waals surface area contributed by atoms with E-state index in [4.69, 9.17) is 21.2 Å². The molecular formula is C18H14ClF3N2O6. The molecule has 0 unspecified atom stereocenters. The molecule has 8 nitrogen and oxygen atoms in total. The van der Waals surface area contributed by atoms with E-state index < -0.39 is 29.2 Å². The molecule has 2 aromatic carbocycles. The molecule has 0 aliphatic carbocycles. The summed E-state index contributed by atoms with van der Waals surface area (Å²) in [6.07, 6.45) is -4.57. The minimum absolute atomic E-state index is 0.00500. The van der Waals surface area contributed by atoms with E-state index in [0.29, 0.717) is 6.07 Å². The zero-order valence-corrected chi connectivity index (χ0v) is 16.3. The van der Waals surface area contributed by atoms with Crippen LogP contribution in [-0.2, 0) is 20.5 Å². The van der Waals surface area contributed by atoms with E-state index in [2.05, 4.69) is 9.89 Å². The summed E-state index contributed by atoms with van der Waals surface area (Å²) in [5.74, 6) is -0.726. The predicted molar refractivity (Wildman–Crippen MR) is 99.8 cm³/mol. The van der Waals surface area contributed by atoms with Gasteiger partial charge in [0.25, 0.3) is 5.69 Å². The number of hydrogen-bond acceptors (Lipinski definition) is 7. The highest BCUT2D eigenvalue weighted by atomic mass is 35.5. The van der Waals surface area contributed by atoms with Gasteiger partial charge in [0.1, 0.15) is 11.5 Å². The second-order valence-electron chi connectivity index (χ2n) is 5.71. The number of rotatable bonds is 7. The zero-order chi connectivity index (χ0) is 22.5. The van der Waals surface area contributed by atoms with Crippen LogP contribution < -0.4 is 4.74 Å². The van der Waals surface area contributed by atoms with Crippen molar-refractivity contribution >= 4 is 29.0 Å². The molecule has 0 saturated carbocycles. The van der Waals surface area contributed by atoms with Gasteiger partial charge in [-0.15, -0.1) is 0 Å². The second-order valence-corrected chi connectivity index (χ2v) is 6.11. The molecule has 0 spiro atoms. The number of halogens is 4. The molecule has 160 valence electrons. The molecule has 2 rings (SSSR count). The summed E-state index contributed by atoms with van der Waals surface area (Å²) in [7, 11) is 1.15. The number of hydrogen-bond donors (Lipinski definition) is 0. The Hall–Kier alpha value is -3.34. The van der Waals surface area contributed by atoms with Gasteiger partial charge >= 0.3 is 12.1 Å². The molecule has 30 heavy (non-hydrogen) atoms. The number of carbonyl (C=O) groups excluding carboxylic acids is 1. The molecule has 0 bridgehead atoms. The van der Waals surface area contributed by atoms with Crippen molar-refractivity contribution in [2.24, 2.45) is 5.16 Å². The first kappa shape index (κ1) is 22.9. The lowest BCUT2D eigenvalue weighted by Crippen LogP contribution is -2.09. The molecule has 0 aliphatic rings. The molecule has 0 amide bonds. The molecule has 0 N–H and O–H groups in total. The SMILES string of the molecule is COC(=O)CON=C(C)c1cc(Oc2ccc(C(F)(F)F)cc2Cl)ccc1[N+](=O)[O-]. The third-order valence-corrected chi connectivity index (χ3v) is 3.95. The van der Waals surface area contributed by atoms with Crippen LogP contribution in [0.5, 0.6) is 11.5 Å². The van der Waals surface area contributed by atoms with E-state index in [0.717, 1.165) is 25.3 Å². The maximum absolute atomic E-state index is 12.7. The molecule has 0 saturated heterocycles. The average Bonchev–Trinajstić information content (AvgIpc) is 2.68. The van der Waals surface area contributed by atoms with E-state index in [1.165, 1.54) is 19.1 Å². The Morgan fingerprint density at radius 2 is 1.93 bits per heavy atom. The smallest absolute Gasteiger partial charge is 0.416 e. The van der Waals surface area contributed by atoms with Gasteiger partial charge in [-0.05, 0) is 37.3 Å². The molecule has 0 fully saturated rings. The van der Waals surface area contributed by atoms with E-state index in [1.807, 2.05) is 0 Å². The predicted octanol–water partition coefficient (Wildman–Crippen LogP) is 4.97. The number of methoxy groups -OCH3 is 1. The van der Waals surface area contributed by atoms with Gasteiger partial charge in [-0.25, -0.2) is 4.79 Å². The second kappa shape index (κ2) is 9.44. The number of ether oxygens (including phenoxy) is 2. The number of esters is 1. The summed E-state index contributed by atoms with van der Waals surface area (Å²) < 4.78 is 48.1. The molecule has 0 radical (unpaired) electrons. The van der Waals surface area contributed by atoms with Gasteiger partial charge in [0.15, 0.2) is 0 Å². The number of nitro benzene ring substituents is 1. The van der Waals surface area contributed by atoms with Gasteiger partial charge in [0, 0.05) is 6.07 Å². The van der Waals surface area contributed by atoms with E-state index in [9.17, 15) is 28.1 Å². The lowest BCUT2D eigenvalue weighted by Gasteiger charge is -2.12. The van der Waals surface area contributed by atoms with Crippen LogP contribution >= 0.6 is 11.6 Å². The third-order valence-electron chi connectivity index (χ3n) is 3.65. The summed E-state index contributed by atoms with van der Waals surface area (Å²) in [5.41, 5.74) is -1.22. The maximum Gasteiger partial charge on any atom is 0.416 e. The first-order chi connectivity index (χ1) is 14.0. The first-order valence-corrected chi connectivity index (χ1v) is 8.47. The summed E-state index contributed by atoms with van der Waals surface area (Å²) >= 11 is 5.86. The quantitative estimate of drug-likeness (QED) is 0.257. The van der Waals surface area contributed by atoms with Crippen LogP contribution in [0.15, 0.2) is 41.6 Å². The van der Waals surface area contributed by atoms with Crippen molar-refractivity contribution in [2.45, 2.75) is 13.1 Å². The van der Waals surface area contributed by atoms with E-state index >= 15 is 0 Å². The van der Waals surface area contributed by atoms with Crippen LogP contribution in [0.2, 0.25) is 5.02 Å². The number of carbonyl (C=O) groups is 1. The van der Waals surface area contributed by atoms with Gasteiger partial charge in [-0.3, -0.25) is 10.1 Å². The summed E-state index contributed by atoms with van der Waals surface area (Å²) in [5, 5.41) is 14.6. The Labute approximate surface area is 172 Å². The molecular weight excluding hydrogens is 433 g/mol. The Balaban J connectivity index is 2.33. The molecule has 0 aliphatic heterocycles. The molecule has 0 atom stereocenters. The van der Waals surface area contributed by atoms with Gasteiger partial charge in [0.05, 0.1) is 33.9 Å². The normalized spacial score (nSPS) is 11.7. The minimum atomic E-state index is -4.57. The highest BCUT2D eigenvalue weighted by molar-refractivity contribution is 6.32. The maximum atomic E-state index is 12.7. The highest BCUT2D eigenvalue weighted by Crippen LogP contribution is 2.37. The fraction of sp³-hybridized carbons (Fsp3) is 0.222. The van der Waals surface area contributed by atoms with Gasteiger partial charge < -0.3 is 14.3 Å². The van der Waals surface area contributed by atoms with Crippen LogP contribution in [0.4, 0.5) is 18.9 Å². The summed E-state index contributed by atoms with van der Waals surface area (Å²) in [6.45, 7) is 0.896. The van der Waals surface area contributed by atoms with Crippen LogP contribution in [-0.4, -0.2) is 30.3 Å². The van der Waals surface area contributed by atoms with Crippen molar-refractivity contribution in [3.8, 4) is 11.5 Å². The number of nitrogens with zero attached hydrogens (tertiary/aromatic N) is 2. The number of benzene rings is 2. The van der Waals surface area contributed by atoms with E-state index in [-0.39, 0.29) is 33.5 Å². The monoisotopic (exact) mass is 446 g/mol. The van der Waals surface area contributed by atoms with Gasteiger partial charge in [-0.1, -0.05) is 16.8 Å². The molecule has 2 aromatic rings. The van der Waals surface area contributed by atoms with Crippen LogP contribution in [0.3, 0.4) is 0 Å². The summed E-state index contributed by atoms with van der Waals surface area (Å²) in [6, 6.07) is 6.15. The first-order valence-electron chi connectivity index (χ1n) is 8.09. The van der Waals surface area contributed by atoms with Gasteiger partial charge in [0.2, 0.25) is 6.61 Å². The highest BCUT2D eigenvalue weighted by Gasteiger charge is 2.31. The van der Waals surface area contributed by atoms with Gasteiger partial charge in [-0.2, -0.15) is 13.2 Å². The van der Waals surface area contributed by atoms with Crippen molar-refractivity contribution in [1.29, 1.82) is 0 Å². The number of oxime groups is 1. The average molecular weight is 447 g/mol. The van der Waals surface area contributed by atoms with Crippen molar-refractivity contribution < 1.29 is 37.2 Å². The number of alkyl halides is 3. The fourth-order valence-corrected chi connectivity index (χ4v) is 2.42. The van der Waals surface area contributed by atoms with Crippen molar-refractivity contribution in [1.82, 2.24) is 0 Å². The molecule has 0 heterocycles. The lowest BCUT2D eigenvalue weighted by molar-refractivity contribution is -0.385. The van der Waals surface area contributed by atoms with Crippen molar-refractivity contribution in [3.05, 3.63) is 62.7 Å². The largest absolute Gasteiger partial charge is 0.466 e. The topological polar surface area (TPSA) is 100 Å².